The van der Waals surface area contributed by atoms with Crippen molar-refractivity contribution in [3.63, 3.8) is 0 Å². The van der Waals surface area contributed by atoms with Gasteiger partial charge >= 0.3 is 5.69 Å². The highest BCUT2D eigenvalue weighted by molar-refractivity contribution is 6.34. The van der Waals surface area contributed by atoms with Crippen LogP contribution in [0.2, 0.25) is 10.2 Å². The molecule has 140 valence electrons. The van der Waals surface area contributed by atoms with Gasteiger partial charge in [0, 0.05) is 18.6 Å². The highest BCUT2D eigenvalue weighted by Crippen LogP contribution is 2.40. The Kier molecular flexibility index (Phi) is 4.54. The van der Waals surface area contributed by atoms with Gasteiger partial charge in [0.1, 0.15) is 10.6 Å². The van der Waals surface area contributed by atoms with Crippen molar-refractivity contribution in [3.05, 3.63) is 48.9 Å². The van der Waals surface area contributed by atoms with Gasteiger partial charge in [0.25, 0.3) is 11.0 Å². The number of aromatic hydroxyl groups is 2. The van der Waals surface area contributed by atoms with Gasteiger partial charge in [0.15, 0.2) is 5.75 Å². The van der Waals surface area contributed by atoms with Gasteiger partial charge in [-0.1, -0.05) is 11.6 Å². The predicted molar refractivity (Wildman–Crippen MR) is 93.6 cm³/mol. The monoisotopic (exact) mass is 412 g/mol. The molecule has 3 aromatic rings. The summed E-state index contributed by atoms with van der Waals surface area (Å²) in [4.78, 5) is 10.1. The number of hydrogen-bond donors (Lipinski definition) is 2. The Morgan fingerprint density at radius 2 is 1.81 bits per heavy atom. The first-order chi connectivity index (χ1) is 12.6. The first-order valence-corrected chi connectivity index (χ1v) is 8.01. The van der Waals surface area contributed by atoms with Crippen LogP contribution in [0.1, 0.15) is 11.3 Å². The SMILES string of the molecule is Cc1c(Cl)c(C)[n+]([O-])c(Cl)c1-c1nnc(-c2cc(O)c(O)c([N+](=O)[O-])c2)o1. The third kappa shape index (κ3) is 2.98. The minimum Gasteiger partial charge on any atom is -0.617 e. The maximum Gasteiger partial charge on any atom is 0.315 e. The summed E-state index contributed by atoms with van der Waals surface area (Å²) >= 11 is 12.2. The highest BCUT2D eigenvalue weighted by Gasteiger charge is 2.27. The molecule has 0 fully saturated rings. The molecule has 0 aliphatic carbocycles. The zero-order valence-corrected chi connectivity index (χ0v) is 15.2. The molecule has 3 rings (SSSR count). The lowest BCUT2D eigenvalue weighted by Crippen LogP contribution is -2.33. The summed E-state index contributed by atoms with van der Waals surface area (Å²) in [5.74, 6) is -1.97. The number of phenolic OH excluding ortho intramolecular Hbond substituents is 2. The van der Waals surface area contributed by atoms with Crippen LogP contribution in [0.3, 0.4) is 0 Å². The van der Waals surface area contributed by atoms with Gasteiger partial charge in [-0.3, -0.25) is 10.1 Å². The zero-order chi connectivity index (χ0) is 20.0. The summed E-state index contributed by atoms with van der Waals surface area (Å²) in [6.45, 7) is 3.10. The van der Waals surface area contributed by atoms with Crippen LogP contribution in [0.15, 0.2) is 16.5 Å². The molecule has 0 saturated carbocycles. The van der Waals surface area contributed by atoms with Gasteiger partial charge in [-0.2, -0.15) is 4.73 Å². The molecule has 0 aliphatic rings. The Hall–Kier alpha value is -3.11. The van der Waals surface area contributed by atoms with E-state index in [4.69, 9.17) is 27.6 Å². The smallest absolute Gasteiger partial charge is 0.315 e. The van der Waals surface area contributed by atoms with Gasteiger partial charge in [-0.15, -0.1) is 10.2 Å². The molecule has 2 heterocycles. The molecule has 0 radical (unpaired) electrons. The Balaban J connectivity index is 2.17. The number of halogens is 2. The van der Waals surface area contributed by atoms with E-state index in [1.807, 2.05) is 0 Å². The van der Waals surface area contributed by atoms with E-state index in [1.165, 1.54) is 6.92 Å². The van der Waals surface area contributed by atoms with Crippen molar-refractivity contribution < 1.29 is 24.3 Å². The second kappa shape index (κ2) is 6.56. The number of benzene rings is 1. The molecule has 1 aromatic carbocycles. The van der Waals surface area contributed by atoms with Crippen molar-refractivity contribution in [2.45, 2.75) is 13.8 Å². The van der Waals surface area contributed by atoms with E-state index in [2.05, 4.69) is 10.2 Å². The number of phenols is 2. The van der Waals surface area contributed by atoms with Crippen LogP contribution in [0, 0.1) is 29.2 Å². The average Bonchev–Trinajstić information content (AvgIpc) is 3.10. The molecular weight excluding hydrogens is 403 g/mol. The molecule has 0 bridgehead atoms. The quantitative estimate of drug-likeness (QED) is 0.166. The summed E-state index contributed by atoms with van der Waals surface area (Å²) in [6, 6.07) is 1.97. The first kappa shape index (κ1) is 18.7. The summed E-state index contributed by atoms with van der Waals surface area (Å²) in [6.07, 6.45) is 0. The van der Waals surface area contributed by atoms with Crippen LogP contribution >= 0.6 is 23.2 Å². The van der Waals surface area contributed by atoms with Gasteiger partial charge in [0.2, 0.25) is 17.3 Å². The largest absolute Gasteiger partial charge is 0.617 e. The number of hydrogen-bond acceptors (Lipinski definition) is 8. The molecule has 10 nitrogen and oxygen atoms in total. The van der Waals surface area contributed by atoms with E-state index >= 15 is 0 Å². The third-order valence-electron chi connectivity index (χ3n) is 3.86. The van der Waals surface area contributed by atoms with E-state index in [1.54, 1.807) is 6.92 Å². The Bertz CT molecular complexity index is 1070. The van der Waals surface area contributed by atoms with Crippen molar-refractivity contribution in [2.24, 2.45) is 0 Å². The normalized spacial score (nSPS) is 11.0. The molecule has 2 N–H and O–H groups in total. The maximum absolute atomic E-state index is 12.1. The molecule has 2 aromatic heterocycles. The second-order valence-electron chi connectivity index (χ2n) is 5.52. The summed E-state index contributed by atoms with van der Waals surface area (Å²) < 4.78 is 5.87. The predicted octanol–water partition coefficient (Wildman–Crippen LogP) is 3.28. The fraction of sp³-hybridized carbons (Fsp3) is 0.133. The van der Waals surface area contributed by atoms with Crippen molar-refractivity contribution in [1.29, 1.82) is 0 Å². The van der Waals surface area contributed by atoms with E-state index in [0.29, 0.717) is 10.3 Å². The maximum atomic E-state index is 12.1. The fourth-order valence-electron chi connectivity index (χ4n) is 2.43. The van der Waals surface area contributed by atoms with Gasteiger partial charge in [-0.05, 0) is 30.2 Å². The fourth-order valence-corrected chi connectivity index (χ4v) is 2.95. The molecule has 0 atom stereocenters. The Morgan fingerprint density at radius 1 is 1.19 bits per heavy atom. The number of nitrogens with zero attached hydrogens (tertiary/aromatic N) is 4. The van der Waals surface area contributed by atoms with E-state index in [9.17, 15) is 25.5 Å². The van der Waals surface area contributed by atoms with E-state index in [0.717, 1.165) is 12.1 Å². The van der Waals surface area contributed by atoms with Crippen LogP contribution < -0.4 is 4.73 Å². The lowest BCUT2D eigenvalue weighted by Gasteiger charge is -2.10. The zero-order valence-electron chi connectivity index (χ0n) is 13.7. The standard InChI is InChI=1S/C15H10Cl2N4O6/c1-5-10(13(17)20(24)6(2)11(5)16)15-19-18-14(27-15)7-3-8(21(25)26)12(23)9(22)4-7/h3-4,22-23H,1-2H3. The molecule has 0 saturated heterocycles. The van der Waals surface area contributed by atoms with Crippen LogP contribution in [0.5, 0.6) is 11.5 Å². The van der Waals surface area contributed by atoms with Crippen molar-refractivity contribution in [1.82, 2.24) is 10.2 Å². The van der Waals surface area contributed by atoms with Gasteiger partial charge in [0.05, 0.1) is 4.92 Å². The van der Waals surface area contributed by atoms with Crippen molar-refractivity contribution >= 4 is 28.9 Å². The number of nitro benzene ring substituents is 1. The minimum absolute atomic E-state index is 0.0160. The number of rotatable bonds is 3. The summed E-state index contributed by atoms with van der Waals surface area (Å²) in [7, 11) is 0. The number of pyridine rings is 1. The molecule has 12 heteroatoms. The van der Waals surface area contributed by atoms with Gasteiger partial charge in [-0.25, -0.2) is 0 Å². The lowest BCUT2D eigenvalue weighted by molar-refractivity contribution is -0.609. The number of aromatic nitrogens is 3. The highest BCUT2D eigenvalue weighted by atomic mass is 35.5. The third-order valence-corrected chi connectivity index (χ3v) is 4.76. The Labute approximate surface area is 161 Å². The van der Waals surface area contributed by atoms with Crippen molar-refractivity contribution in [2.75, 3.05) is 0 Å². The molecule has 27 heavy (non-hydrogen) atoms. The average molecular weight is 413 g/mol. The molecule has 0 amide bonds. The lowest BCUT2D eigenvalue weighted by atomic mass is 10.1. The molecule has 0 aliphatic heterocycles. The van der Waals surface area contributed by atoms with E-state index < -0.39 is 22.1 Å². The number of nitro groups is 1. The first-order valence-electron chi connectivity index (χ1n) is 7.25. The van der Waals surface area contributed by atoms with Crippen LogP contribution in [0.25, 0.3) is 22.9 Å². The van der Waals surface area contributed by atoms with Crippen LogP contribution in [0.4, 0.5) is 5.69 Å². The second-order valence-corrected chi connectivity index (χ2v) is 6.25. The molecule has 0 unspecified atom stereocenters. The topological polar surface area (TPSA) is 149 Å². The summed E-state index contributed by atoms with van der Waals surface area (Å²) in [5.41, 5.74) is -0.0197. The molecule has 0 spiro atoms. The minimum atomic E-state index is -0.889. The Morgan fingerprint density at radius 3 is 2.44 bits per heavy atom. The van der Waals surface area contributed by atoms with Gasteiger partial charge < -0.3 is 19.8 Å². The van der Waals surface area contributed by atoms with Crippen LogP contribution in [-0.2, 0) is 0 Å². The van der Waals surface area contributed by atoms with Crippen molar-refractivity contribution in [3.8, 4) is 34.4 Å². The van der Waals surface area contributed by atoms with E-state index in [-0.39, 0.29) is 38.8 Å². The van der Waals surface area contributed by atoms with Crippen LogP contribution in [-0.4, -0.2) is 25.3 Å². The molecular formula is C15H10Cl2N4O6. The summed E-state index contributed by atoms with van der Waals surface area (Å²) in [5, 5.41) is 49.8.